The molecule has 0 aliphatic carbocycles. The molecule has 0 bridgehead atoms. The molecule has 10 heavy (non-hydrogen) atoms. The first-order valence-corrected chi connectivity index (χ1v) is 7.00. The Balaban J connectivity index is 3.87. The third kappa shape index (κ3) is 3.83. The average Bonchev–Trinajstić information content (AvgIpc) is 1.60. The van der Waals surface area contributed by atoms with Crippen molar-refractivity contribution in [1.82, 2.24) is 0 Å². The zero-order valence-electron chi connectivity index (χ0n) is 7.69. The van der Waals surface area contributed by atoms with Crippen LogP contribution >= 0.6 is 0 Å². The maximum absolute atomic E-state index is 11.3. The molecule has 0 fully saturated rings. The smallest absolute Gasteiger partial charge is 0.135 e. The number of hydrogen-bond donors (Lipinski definition) is 0. The van der Waals surface area contributed by atoms with Crippen LogP contribution in [0, 0.1) is 5.41 Å². The number of rotatable bonds is 2. The molecule has 1 nitrogen and oxygen atoms in total. The van der Waals surface area contributed by atoms with Crippen molar-refractivity contribution in [3.8, 4) is 0 Å². The first kappa shape index (κ1) is 9.89. The van der Waals surface area contributed by atoms with E-state index in [1.54, 1.807) is 0 Å². The van der Waals surface area contributed by atoms with Crippen molar-refractivity contribution < 1.29 is 4.79 Å². The number of hydrogen-bond acceptors (Lipinski definition) is 1. The van der Waals surface area contributed by atoms with Gasteiger partial charge in [0.05, 0.1) is 0 Å². The first-order valence-electron chi connectivity index (χ1n) is 3.87. The summed E-state index contributed by atoms with van der Waals surface area (Å²) < 4.78 is 0. The van der Waals surface area contributed by atoms with Gasteiger partial charge in [-0.25, -0.2) is 0 Å². The topological polar surface area (TPSA) is 17.1 Å². The third-order valence-electron chi connectivity index (χ3n) is 1.43. The number of Topliss-reactive ketones (excluding diaryl/α,β-unsaturated/α-hetero) is 1. The Hall–Kier alpha value is -0.113. The van der Waals surface area contributed by atoms with E-state index in [-0.39, 0.29) is 5.41 Å². The van der Waals surface area contributed by atoms with Crippen molar-refractivity contribution in [2.45, 2.75) is 39.9 Å². The lowest BCUT2D eigenvalue weighted by atomic mass is 9.92. The Morgan fingerprint density at radius 2 is 1.70 bits per heavy atom. The molecular weight excluding hydrogens is 140 g/mol. The summed E-state index contributed by atoms with van der Waals surface area (Å²) in [5.41, 5.74) is -0.114. The molecule has 0 unspecified atom stereocenters. The summed E-state index contributed by atoms with van der Waals surface area (Å²) in [7, 11) is -0.678. The maximum atomic E-state index is 11.3. The van der Waals surface area contributed by atoms with Crippen LogP contribution < -0.4 is 0 Å². The van der Waals surface area contributed by atoms with Gasteiger partial charge in [0.15, 0.2) is 0 Å². The summed E-state index contributed by atoms with van der Waals surface area (Å²) in [6.07, 6.45) is 0. The monoisotopic (exact) mass is 158 g/mol. The first-order chi connectivity index (χ1) is 4.34. The second-order valence-corrected chi connectivity index (χ2v) is 7.47. The van der Waals surface area contributed by atoms with E-state index in [0.717, 1.165) is 6.04 Å². The zero-order chi connectivity index (χ0) is 8.36. The normalized spacial score (nSPS) is 12.2. The Bertz CT molecular complexity index is 122. The van der Waals surface area contributed by atoms with Crippen molar-refractivity contribution in [3.05, 3.63) is 0 Å². The van der Waals surface area contributed by atoms with Gasteiger partial charge in [-0.2, -0.15) is 0 Å². The van der Waals surface area contributed by atoms with Crippen LogP contribution in [0.2, 0.25) is 19.1 Å². The fraction of sp³-hybridized carbons (Fsp3) is 0.875. The Morgan fingerprint density at radius 3 is 1.80 bits per heavy atom. The maximum Gasteiger partial charge on any atom is 0.135 e. The van der Waals surface area contributed by atoms with E-state index < -0.39 is 8.80 Å². The number of carbonyl (C=O) groups is 1. The van der Waals surface area contributed by atoms with Gasteiger partial charge in [0, 0.05) is 14.2 Å². The lowest BCUT2D eigenvalue weighted by Crippen LogP contribution is -2.23. The highest BCUT2D eigenvalue weighted by molar-refractivity contribution is 6.59. The van der Waals surface area contributed by atoms with Crippen molar-refractivity contribution in [2.24, 2.45) is 5.41 Å². The minimum absolute atomic E-state index is 0.114. The van der Waals surface area contributed by atoms with Gasteiger partial charge >= 0.3 is 0 Å². The van der Waals surface area contributed by atoms with Crippen LogP contribution in [0.3, 0.4) is 0 Å². The Kier molecular flexibility index (Phi) is 3.29. The second-order valence-electron chi connectivity index (χ2n) is 4.27. The predicted octanol–water partition coefficient (Wildman–Crippen LogP) is 2.09. The van der Waals surface area contributed by atoms with E-state index in [0.29, 0.717) is 5.78 Å². The molecule has 2 heteroatoms. The quantitative estimate of drug-likeness (QED) is 0.562. The van der Waals surface area contributed by atoms with Crippen LogP contribution in [0.4, 0.5) is 0 Å². The molecule has 0 saturated heterocycles. The number of carbonyl (C=O) groups excluding carboxylic acids is 1. The van der Waals surface area contributed by atoms with Crippen LogP contribution in [0.5, 0.6) is 0 Å². The van der Waals surface area contributed by atoms with E-state index in [9.17, 15) is 4.79 Å². The van der Waals surface area contributed by atoms with Gasteiger partial charge in [0.25, 0.3) is 0 Å². The van der Waals surface area contributed by atoms with Gasteiger partial charge in [0.1, 0.15) is 5.78 Å². The summed E-state index contributed by atoms with van der Waals surface area (Å²) >= 11 is 0. The minimum atomic E-state index is -0.678. The summed E-state index contributed by atoms with van der Waals surface area (Å²) in [5.74, 6) is 0.425. The molecule has 60 valence electrons. The van der Waals surface area contributed by atoms with Crippen LogP contribution in [0.15, 0.2) is 0 Å². The molecule has 0 aliphatic heterocycles. The third-order valence-corrected chi connectivity index (χ3v) is 2.62. The predicted molar refractivity (Wildman–Crippen MR) is 48.1 cm³/mol. The van der Waals surface area contributed by atoms with E-state index in [4.69, 9.17) is 0 Å². The van der Waals surface area contributed by atoms with Crippen molar-refractivity contribution in [3.63, 3.8) is 0 Å². The van der Waals surface area contributed by atoms with Crippen molar-refractivity contribution >= 4 is 14.6 Å². The molecule has 0 aromatic heterocycles. The molecule has 0 atom stereocenters. The van der Waals surface area contributed by atoms with Crippen molar-refractivity contribution in [2.75, 3.05) is 0 Å². The minimum Gasteiger partial charge on any atom is -0.299 e. The molecule has 0 aromatic rings. The largest absolute Gasteiger partial charge is 0.299 e. The molecular formula is C8H18OSi. The van der Waals surface area contributed by atoms with Gasteiger partial charge < -0.3 is 0 Å². The van der Waals surface area contributed by atoms with Crippen LogP contribution in [-0.2, 0) is 4.79 Å². The molecule has 0 aromatic carbocycles. The fourth-order valence-electron chi connectivity index (χ4n) is 0.677. The van der Waals surface area contributed by atoms with E-state index in [2.05, 4.69) is 13.1 Å². The molecule has 0 N–H and O–H groups in total. The summed E-state index contributed by atoms with van der Waals surface area (Å²) in [6, 6.07) is 0.851. The molecule has 0 amide bonds. The lowest BCUT2D eigenvalue weighted by Gasteiger charge is -2.17. The van der Waals surface area contributed by atoms with Crippen LogP contribution in [-0.4, -0.2) is 14.6 Å². The lowest BCUT2D eigenvalue weighted by molar-refractivity contribution is -0.124. The Morgan fingerprint density at radius 1 is 1.30 bits per heavy atom. The highest BCUT2D eigenvalue weighted by Gasteiger charge is 2.21. The number of ketones is 1. The summed E-state index contributed by atoms with van der Waals surface area (Å²) in [5, 5.41) is 0. The van der Waals surface area contributed by atoms with Gasteiger partial charge in [-0.3, -0.25) is 4.79 Å². The molecule has 0 saturated carbocycles. The van der Waals surface area contributed by atoms with E-state index >= 15 is 0 Å². The molecule has 0 aliphatic rings. The summed E-state index contributed by atoms with van der Waals surface area (Å²) in [6.45, 7) is 10.4. The van der Waals surface area contributed by atoms with E-state index in [1.165, 1.54) is 0 Å². The molecule has 0 rings (SSSR count). The molecule has 0 heterocycles. The van der Waals surface area contributed by atoms with Crippen LogP contribution in [0.1, 0.15) is 20.8 Å². The average molecular weight is 158 g/mol. The summed E-state index contributed by atoms with van der Waals surface area (Å²) in [4.78, 5) is 11.3. The Labute approximate surface area is 65.4 Å². The fourth-order valence-corrected chi connectivity index (χ4v) is 2.03. The van der Waals surface area contributed by atoms with Crippen molar-refractivity contribution in [1.29, 1.82) is 0 Å². The molecule has 0 spiro atoms. The zero-order valence-corrected chi connectivity index (χ0v) is 8.85. The van der Waals surface area contributed by atoms with Gasteiger partial charge in [0.2, 0.25) is 0 Å². The van der Waals surface area contributed by atoms with Gasteiger partial charge in [-0.1, -0.05) is 33.9 Å². The van der Waals surface area contributed by atoms with Crippen LogP contribution in [0.25, 0.3) is 0 Å². The standard InChI is InChI=1S/C8H18OSi/c1-8(2,3)7(9)6-10(4)5/h10H,6H2,1-5H3. The van der Waals surface area contributed by atoms with Gasteiger partial charge in [-0.05, 0) is 6.04 Å². The second kappa shape index (κ2) is 3.33. The molecule has 0 radical (unpaired) electrons. The van der Waals surface area contributed by atoms with E-state index in [1.807, 2.05) is 20.8 Å². The highest BCUT2D eigenvalue weighted by atomic mass is 28.3. The SMILES string of the molecule is C[SiH](C)CC(=O)C(C)(C)C. The highest BCUT2D eigenvalue weighted by Crippen LogP contribution is 2.17. The van der Waals surface area contributed by atoms with Gasteiger partial charge in [-0.15, -0.1) is 0 Å².